The lowest BCUT2D eigenvalue weighted by molar-refractivity contribution is 0.628. The molecule has 1 unspecified atom stereocenters. The average Bonchev–Trinajstić information content (AvgIpc) is 1.50. The van der Waals surface area contributed by atoms with Crippen molar-refractivity contribution in [3.63, 3.8) is 0 Å². The first-order valence-corrected chi connectivity index (χ1v) is 36.3. The van der Waals surface area contributed by atoms with Gasteiger partial charge in [-0.25, -0.2) is 19.9 Å². The second-order valence-electron chi connectivity index (χ2n) is 28.6. The Hall–Kier alpha value is -13.9. The minimum Gasteiger partial charge on any atom is -0.456 e. The second kappa shape index (κ2) is 22.3. The van der Waals surface area contributed by atoms with Crippen LogP contribution in [-0.4, -0.2) is 19.9 Å². The summed E-state index contributed by atoms with van der Waals surface area (Å²) >= 11 is 0. The van der Waals surface area contributed by atoms with Crippen molar-refractivity contribution < 1.29 is 8.83 Å². The monoisotopic (exact) mass is 1350 g/mol. The summed E-state index contributed by atoms with van der Waals surface area (Å²) in [5.41, 5.74) is 30.9. The quantitative estimate of drug-likeness (QED) is 0.151. The van der Waals surface area contributed by atoms with Gasteiger partial charge >= 0.3 is 0 Å². The Morgan fingerprint density at radius 2 is 0.575 bits per heavy atom. The molecule has 4 aliphatic rings. The highest BCUT2D eigenvalue weighted by molar-refractivity contribution is 6.07. The van der Waals surface area contributed by atoms with Crippen molar-refractivity contribution in [2.24, 2.45) is 0 Å². The molecular formula is C100H58N4O2. The summed E-state index contributed by atoms with van der Waals surface area (Å²) in [5, 5.41) is 6.75. The molecule has 19 aromatic rings. The van der Waals surface area contributed by atoms with Crippen LogP contribution in [-0.2, 0) is 10.8 Å². The fraction of sp³-hybridized carbons (Fsp3) is 0.0200. The molecule has 0 amide bonds. The molecule has 2 spiro atoms. The Bertz CT molecular complexity index is 6920. The highest BCUT2D eigenvalue weighted by Crippen LogP contribution is 2.68. The summed E-state index contributed by atoms with van der Waals surface area (Å²) < 4.78 is 14.0. The van der Waals surface area contributed by atoms with Crippen LogP contribution >= 0.6 is 0 Å². The van der Waals surface area contributed by atoms with Gasteiger partial charge in [-0.05, 0) is 160 Å². The molecule has 4 heterocycles. The molecular weight excluding hydrogens is 1290 g/mol. The minimum absolute atomic E-state index is 0.516. The number of para-hydroxylation sites is 2. The van der Waals surface area contributed by atoms with Gasteiger partial charge in [0.05, 0.1) is 33.6 Å². The number of benzene rings is 15. The molecule has 0 N–H and O–H groups in total. The highest BCUT2D eigenvalue weighted by atomic mass is 16.3. The fourth-order valence-corrected chi connectivity index (χ4v) is 18.5. The van der Waals surface area contributed by atoms with Gasteiger partial charge in [0.2, 0.25) is 0 Å². The molecule has 23 rings (SSSR count). The van der Waals surface area contributed by atoms with Crippen LogP contribution in [0.5, 0.6) is 0 Å². The van der Waals surface area contributed by atoms with Gasteiger partial charge < -0.3 is 8.83 Å². The molecule has 0 saturated heterocycles. The predicted molar refractivity (Wildman–Crippen MR) is 428 cm³/mol. The van der Waals surface area contributed by atoms with Crippen molar-refractivity contribution >= 4 is 43.5 Å². The molecule has 6 heteroatoms. The zero-order valence-electron chi connectivity index (χ0n) is 57.1. The van der Waals surface area contributed by atoms with E-state index in [4.69, 9.17) is 28.8 Å². The van der Waals surface area contributed by atoms with E-state index in [1.165, 1.54) is 55.5 Å². The van der Waals surface area contributed by atoms with Crippen molar-refractivity contribution in [2.45, 2.75) is 10.8 Å². The Kier molecular flexibility index (Phi) is 12.3. The second-order valence-corrected chi connectivity index (χ2v) is 28.6. The number of nitrogens with zero attached hydrogens (tertiary/aromatic N) is 4. The van der Waals surface area contributed by atoms with Gasteiger partial charge in [0.15, 0.2) is 11.6 Å². The summed E-state index contributed by atoms with van der Waals surface area (Å²) in [6.07, 6.45) is 0. The topological polar surface area (TPSA) is 77.8 Å². The number of hydrogen-bond acceptors (Lipinski definition) is 6. The van der Waals surface area contributed by atoms with Crippen LogP contribution in [0.4, 0.5) is 0 Å². The third-order valence-corrected chi connectivity index (χ3v) is 23.1. The van der Waals surface area contributed by atoms with Gasteiger partial charge in [-0.3, -0.25) is 0 Å². The van der Waals surface area contributed by atoms with Crippen molar-refractivity contribution in [3.8, 4) is 135 Å². The van der Waals surface area contributed by atoms with Crippen LogP contribution in [0.15, 0.2) is 361 Å². The molecule has 15 aromatic carbocycles. The lowest BCUT2D eigenvalue weighted by Gasteiger charge is -2.31. The van der Waals surface area contributed by atoms with E-state index in [2.05, 4.69) is 346 Å². The van der Waals surface area contributed by atoms with Gasteiger partial charge in [0.25, 0.3) is 0 Å². The molecule has 0 bridgehead atoms. The first-order chi connectivity index (χ1) is 52.5. The number of rotatable bonds is 8. The largest absolute Gasteiger partial charge is 0.456 e. The van der Waals surface area contributed by atoms with E-state index in [-0.39, 0.29) is 0 Å². The summed E-state index contributed by atoms with van der Waals surface area (Å²) in [7, 11) is 0. The molecule has 1 atom stereocenters. The molecule has 0 saturated carbocycles. The Balaban J connectivity index is 0.654. The van der Waals surface area contributed by atoms with Crippen LogP contribution in [0.2, 0.25) is 0 Å². The van der Waals surface area contributed by atoms with Crippen LogP contribution in [0.1, 0.15) is 44.5 Å². The first kappa shape index (κ1) is 58.7. The molecule has 4 aromatic heterocycles. The third-order valence-electron chi connectivity index (χ3n) is 23.1. The Morgan fingerprint density at radius 3 is 1.19 bits per heavy atom. The maximum atomic E-state index is 7.04. The van der Waals surface area contributed by atoms with Gasteiger partial charge in [-0.2, -0.15) is 0 Å². The molecule has 490 valence electrons. The van der Waals surface area contributed by atoms with Gasteiger partial charge in [0, 0.05) is 66.4 Å². The van der Waals surface area contributed by atoms with Gasteiger partial charge in [-0.1, -0.05) is 291 Å². The van der Waals surface area contributed by atoms with Crippen LogP contribution in [0, 0.1) is 0 Å². The highest BCUT2D eigenvalue weighted by Gasteiger charge is 2.57. The maximum Gasteiger partial charge on any atom is 0.160 e. The molecule has 0 fully saturated rings. The first-order valence-electron chi connectivity index (χ1n) is 36.3. The smallest absolute Gasteiger partial charge is 0.160 e. The van der Waals surface area contributed by atoms with Crippen molar-refractivity contribution in [3.05, 3.63) is 396 Å². The summed E-state index contributed by atoms with van der Waals surface area (Å²) in [6, 6.07) is 127. The van der Waals surface area contributed by atoms with E-state index in [0.717, 1.165) is 156 Å². The number of furan rings is 2. The normalized spacial score (nSPS) is 14.3. The molecule has 0 aliphatic heterocycles. The summed E-state index contributed by atoms with van der Waals surface area (Å²) in [4.78, 5) is 22.2. The van der Waals surface area contributed by atoms with Gasteiger partial charge in [0.1, 0.15) is 22.7 Å². The lowest BCUT2D eigenvalue weighted by Crippen LogP contribution is -2.27. The third kappa shape index (κ3) is 8.32. The number of aromatic nitrogens is 4. The summed E-state index contributed by atoms with van der Waals surface area (Å²) in [6.45, 7) is 0. The average molecular weight is 1350 g/mol. The van der Waals surface area contributed by atoms with E-state index < -0.39 is 10.8 Å². The Morgan fingerprint density at radius 1 is 0.198 bits per heavy atom. The number of fused-ring (bicyclic) bond motifs is 26. The zero-order chi connectivity index (χ0) is 69.3. The van der Waals surface area contributed by atoms with E-state index >= 15 is 0 Å². The standard InChI is InChI=1S/C100H58N4O2/c1-3-22-61(23-4-1)86-57-88(102-97(101-86)63-42-39-60(40-43-63)68-49-50-85-79(54-68)96-93(76-31-13-19-37-90(76)106-96)99(85)81-33-15-9-27-72(81)73-28-10-16-34-82(73)99)70-48-46-65-51-67(45-44-66(65)53-70)71-55-78-74-29-11-17-35-83(74)100(84-36-18-12-30-75(84)95-94(100)77-32-14-20-38-91(77)105-95)92(78)80(56-71)98-103-87(62-24-5-2-6-25-62)58-89(104-98)69-47-41-59-21-7-8-26-64(59)52-69/h1-58H. The predicted octanol–water partition coefficient (Wildman–Crippen LogP) is 25.1. The molecule has 4 aliphatic carbocycles. The van der Waals surface area contributed by atoms with Crippen LogP contribution in [0.25, 0.3) is 178 Å². The zero-order valence-corrected chi connectivity index (χ0v) is 57.1. The molecule has 106 heavy (non-hydrogen) atoms. The van der Waals surface area contributed by atoms with E-state index in [0.29, 0.717) is 11.6 Å². The SMILES string of the molecule is c1ccc(-c2cc(-c3ccc4cc(-c5cc(-c6nc(-c7ccccc7)cc(-c7ccc8ccccc8c7)n6)c6c(c5)-c5ccccc5C65c6ccccc6-c6oc7ccccc7c65)ccc4c3)nc(-c3ccc(-c4ccc5c(c4)-c4oc6ccccc6c4C54c5ccccc5-c5ccccc54)cc3)n2)cc1. The lowest BCUT2D eigenvalue weighted by atomic mass is 9.68. The maximum absolute atomic E-state index is 7.04. The van der Waals surface area contributed by atoms with Crippen molar-refractivity contribution in [1.82, 2.24) is 19.9 Å². The van der Waals surface area contributed by atoms with Crippen molar-refractivity contribution in [1.29, 1.82) is 0 Å². The van der Waals surface area contributed by atoms with Crippen LogP contribution < -0.4 is 0 Å². The Labute approximate surface area is 610 Å². The number of hydrogen-bond donors (Lipinski definition) is 0. The van der Waals surface area contributed by atoms with E-state index in [9.17, 15) is 0 Å². The molecule has 0 radical (unpaired) electrons. The summed E-state index contributed by atoms with van der Waals surface area (Å²) in [5.74, 6) is 3.13. The van der Waals surface area contributed by atoms with E-state index in [1.807, 2.05) is 6.07 Å². The minimum atomic E-state index is -0.786. The molecule has 6 nitrogen and oxygen atoms in total. The van der Waals surface area contributed by atoms with Gasteiger partial charge in [-0.15, -0.1) is 0 Å². The van der Waals surface area contributed by atoms with Crippen LogP contribution in [0.3, 0.4) is 0 Å². The van der Waals surface area contributed by atoms with E-state index in [1.54, 1.807) is 0 Å². The fourth-order valence-electron chi connectivity index (χ4n) is 18.5. The van der Waals surface area contributed by atoms with Crippen molar-refractivity contribution in [2.75, 3.05) is 0 Å².